The van der Waals surface area contributed by atoms with Crippen LogP contribution < -0.4 is 5.73 Å². The van der Waals surface area contributed by atoms with E-state index in [0.29, 0.717) is 12.5 Å². The molecule has 2 aromatic heterocycles. The minimum absolute atomic E-state index is 0.433. The molecule has 18 heavy (non-hydrogen) atoms. The van der Waals surface area contributed by atoms with Gasteiger partial charge in [-0.3, -0.25) is 0 Å². The van der Waals surface area contributed by atoms with Gasteiger partial charge in [0.1, 0.15) is 0 Å². The van der Waals surface area contributed by atoms with Crippen molar-refractivity contribution >= 4 is 5.52 Å². The number of nitrogens with zero attached hydrogens (tertiary/aromatic N) is 1. The van der Waals surface area contributed by atoms with Gasteiger partial charge in [0.15, 0.2) is 0 Å². The predicted octanol–water partition coefficient (Wildman–Crippen LogP) is 3.52. The van der Waals surface area contributed by atoms with E-state index in [4.69, 9.17) is 5.73 Å². The van der Waals surface area contributed by atoms with E-state index in [0.717, 1.165) is 12.8 Å². The molecule has 0 aliphatic carbocycles. The third-order valence-corrected chi connectivity index (χ3v) is 3.79. The summed E-state index contributed by atoms with van der Waals surface area (Å²) >= 11 is 0. The number of nitrogens with two attached hydrogens (primary N) is 1. The molecule has 0 aromatic carbocycles. The summed E-state index contributed by atoms with van der Waals surface area (Å²) in [7, 11) is 0. The van der Waals surface area contributed by atoms with E-state index >= 15 is 0 Å². The van der Waals surface area contributed by atoms with Crippen molar-refractivity contribution in [3.05, 3.63) is 41.2 Å². The molecule has 2 rings (SSSR count). The first-order valence-electron chi connectivity index (χ1n) is 7.05. The zero-order valence-electron chi connectivity index (χ0n) is 11.7. The lowest BCUT2D eigenvalue weighted by atomic mass is 9.94. The Hall–Kier alpha value is -1.28. The zero-order valence-corrected chi connectivity index (χ0v) is 11.7. The highest BCUT2D eigenvalue weighted by atomic mass is 14.9. The molecule has 1 unspecified atom stereocenters. The average molecular weight is 244 g/mol. The van der Waals surface area contributed by atoms with Gasteiger partial charge in [-0.1, -0.05) is 33.3 Å². The molecule has 2 heteroatoms. The van der Waals surface area contributed by atoms with Gasteiger partial charge < -0.3 is 10.1 Å². The summed E-state index contributed by atoms with van der Waals surface area (Å²) in [6, 6.07) is 6.46. The molecule has 0 aliphatic rings. The molecule has 0 radical (unpaired) electrons. The molecule has 98 valence electrons. The molecule has 1 atom stereocenters. The van der Waals surface area contributed by atoms with Gasteiger partial charge in [0.05, 0.1) is 0 Å². The van der Waals surface area contributed by atoms with E-state index in [2.05, 4.69) is 49.6 Å². The minimum Gasteiger partial charge on any atom is -0.330 e. The van der Waals surface area contributed by atoms with E-state index in [-0.39, 0.29) is 0 Å². The number of hydrogen-bond donors (Lipinski definition) is 1. The Morgan fingerprint density at radius 1 is 1.28 bits per heavy atom. The monoisotopic (exact) mass is 244 g/mol. The van der Waals surface area contributed by atoms with Crippen LogP contribution in [-0.2, 0) is 12.8 Å². The summed E-state index contributed by atoms with van der Waals surface area (Å²) in [5.41, 5.74) is 11.7. The van der Waals surface area contributed by atoms with Crippen LogP contribution in [-0.4, -0.2) is 10.9 Å². The third kappa shape index (κ3) is 2.05. The fourth-order valence-corrected chi connectivity index (χ4v) is 2.92. The first kappa shape index (κ1) is 13.2. The van der Waals surface area contributed by atoms with Crippen LogP contribution in [0.4, 0.5) is 0 Å². The largest absolute Gasteiger partial charge is 0.330 e. The summed E-state index contributed by atoms with van der Waals surface area (Å²) in [5.74, 6) is 0.433. The topological polar surface area (TPSA) is 30.4 Å². The van der Waals surface area contributed by atoms with E-state index in [1.165, 1.54) is 28.8 Å². The Balaban J connectivity index is 2.73. The normalized spacial score (nSPS) is 13.1. The second-order valence-corrected chi connectivity index (χ2v) is 5.04. The van der Waals surface area contributed by atoms with Gasteiger partial charge in [0, 0.05) is 17.4 Å². The summed E-state index contributed by atoms with van der Waals surface area (Å²) in [6.45, 7) is 7.44. The van der Waals surface area contributed by atoms with Gasteiger partial charge in [-0.15, -0.1) is 0 Å². The zero-order chi connectivity index (χ0) is 13.1. The van der Waals surface area contributed by atoms with Crippen LogP contribution in [0.15, 0.2) is 24.4 Å². The van der Waals surface area contributed by atoms with Gasteiger partial charge in [-0.05, 0) is 48.6 Å². The van der Waals surface area contributed by atoms with Gasteiger partial charge in [-0.25, -0.2) is 0 Å². The number of aryl methyl sites for hydroxylation is 1. The summed E-state index contributed by atoms with van der Waals surface area (Å²) < 4.78 is 2.36. The summed E-state index contributed by atoms with van der Waals surface area (Å²) in [5, 5.41) is 0. The molecule has 0 aliphatic heterocycles. The lowest BCUT2D eigenvalue weighted by molar-refractivity contribution is 0.767. The van der Waals surface area contributed by atoms with E-state index in [1.807, 2.05) is 0 Å². The molecule has 0 amide bonds. The fourth-order valence-electron chi connectivity index (χ4n) is 2.92. The molecule has 2 nitrogen and oxygen atoms in total. The predicted molar refractivity (Wildman–Crippen MR) is 78.2 cm³/mol. The number of pyridine rings is 1. The molecule has 2 aromatic rings. The lowest BCUT2D eigenvalue weighted by Gasteiger charge is -2.10. The molecule has 2 N–H and O–H groups in total. The van der Waals surface area contributed by atoms with Crippen molar-refractivity contribution in [1.82, 2.24) is 4.40 Å². The highest BCUT2D eigenvalue weighted by molar-refractivity contribution is 5.63. The van der Waals surface area contributed by atoms with Crippen molar-refractivity contribution < 1.29 is 0 Å². The molecule has 0 bridgehead atoms. The second-order valence-electron chi connectivity index (χ2n) is 5.04. The fraction of sp³-hybridized carbons (Fsp3) is 0.500. The standard InChI is InChI=1S/C16H24N2/c1-4-8-14-13(5-2)16(12(3)11-17)15-9-6-7-10-18(14)15/h6-7,9-10,12H,4-5,8,11,17H2,1-3H3. The van der Waals surface area contributed by atoms with E-state index < -0.39 is 0 Å². The van der Waals surface area contributed by atoms with Crippen LogP contribution >= 0.6 is 0 Å². The molecular weight excluding hydrogens is 220 g/mol. The van der Waals surface area contributed by atoms with Gasteiger partial charge in [0.2, 0.25) is 0 Å². The van der Waals surface area contributed by atoms with Crippen molar-refractivity contribution in [3.8, 4) is 0 Å². The van der Waals surface area contributed by atoms with Gasteiger partial charge in [-0.2, -0.15) is 0 Å². The second kappa shape index (κ2) is 5.57. The Bertz CT molecular complexity index is 525. The maximum Gasteiger partial charge on any atom is 0.0490 e. The summed E-state index contributed by atoms with van der Waals surface area (Å²) in [6.07, 6.45) is 5.61. The molecule has 0 fully saturated rings. The van der Waals surface area contributed by atoms with Crippen molar-refractivity contribution in [2.24, 2.45) is 5.73 Å². The van der Waals surface area contributed by atoms with Crippen molar-refractivity contribution in [3.63, 3.8) is 0 Å². The van der Waals surface area contributed by atoms with Crippen molar-refractivity contribution in [2.45, 2.75) is 46.0 Å². The van der Waals surface area contributed by atoms with Crippen LogP contribution in [0.2, 0.25) is 0 Å². The minimum atomic E-state index is 0.433. The molecule has 0 saturated carbocycles. The third-order valence-electron chi connectivity index (χ3n) is 3.79. The average Bonchev–Trinajstić information content (AvgIpc) is 2.72. The molecule has 0 spiro atoms. The highest BCUT2D eigenvalue weighted by Gasteiger charge is 2.19. The number of hydrogen-bond acceptors (Lipinski definition) is 1. The maximum absolute atomic E-state index is 5.89. The van der Waals surface area contributed by atoms with Crippen LogP contribution in [0.5, 0.6) is 0 Å². The lowest BCUT2D eigenvalue weighted by Crippen LogP contribution is -2.10. The SMILES string of the molecule is CCCc1c(CC)c(C(C)CN)c2ccccn12. The molecular formula is C16H24N2. The Kier molecular flexibility index (Phi) is 4.07. The molecule has 2 heterocycles. The van der Waals surface area contributed by atoms with Gasteiger partial charge >= 0.3 is 0 Å². The van der Waals surface area contributed by atoms with Gasteiger partial charge in [0.25, 0.3) is 0 Å². The van der Waals surface area contributed by atoms with E-state index in [9.17, 15) is 0 Å². The van der Waals surface area contributed by atoms with Crippen molar-refractivity contribution in [2.75, 3.05) is 6.54 Å². The smallest absolute Gasteiger partial charge is 0.0490 e. The number of fused-ring (bicyclic) bond motifs is 1. The first-order chi connectivity index (χ1) is 8.74. The number of aromatic nitrogens is 1. The Labute approximate surface area is 110 Å². The van der Waals surface area contributed by atoms with Crippen LogP contribution in [0.25, 0.3) is 5.52 Å². The van der Waals surface area contributed by atoms with E-state index in [1.54, 1.807) is 0 Å². The quantitative estimate of drug-likeness (QED) is 0.857. The van der Waals surface area contributed by atoms with Crippen LogP contribution in [0, 0.1) is 0 Å². The first-order valence-corrected chi connectivity index (χ1v) is 7.05. The Morgan fingerprint density at radius 2 is 2.06 bits per heavy atom. The summed E-state index contributed by atoms with van der Waals surface area (Å²) in [4.78, 5) is 0. The van der Waals surface area contributed by atoms with Crippen LogP contribution in [0.3, 0.4) is 0 Å². The number of rotatable bonds is 5. The van der Waals surface area contributed by atoms with Crippen molar-refractivity contribution in [1.29, 1.82) is 0 Å². The highest BCUT2D eigenvalue weighted by Crippen LogP contribution is 2.31. The van der Waals surface area contributed by atoms with Crippen LogP contribution in [0.1, 0.15) is 49.9 Å². The molecule has 0 saturated heterocycles. The maximum atomic E-state index is 5.89. The Morgan fingerprint density at radius 3 is 2.67 bits per heavy atom.